The molecule has 0 fully saturated rings. The average Bonchev–Trinajstić information content (AvgIpc) is 3.12. The summed E-state index contributed by atoms with van der Waals surface area (Å²) in [5.74, 6) is 0.293. The highest BCUT2D eigenvalue weighted by molar-refractivity contribution is 5.87. The third kappa shape index (κ3) is 9.99. The Morgan fingerprint density at radius 1 is 0.577 bits per heavy atom. The van der Waals surface area contributed by atoms with Gasteiger partial charge in [-0.1, -0.05) is 115 Å². The highest BCUT2D eigenvalue weighted by Gasteiger charge is 2.13. The maximum atomic E-state index is 11.1. The molecule has 0 bridgehead atoms. The van der Waals surface area contributed by atoms with Crippen molar-refractivity contribution >= 4 is 24.2 Å². The number of phenols is 2. The summed E-state index contributed by atoms with van der Waals surface area (Å²) < 4.78 is 4.71. The van der Waals surface area contributed by atoms with Crippen LogP contribution in [0.25, 0.3) is 18.2 Å². The summed E-state index contributed by atoms with van der Waals surface area (Å²) in [6.45, 7) is -0.0915. The van der Waals surface area contributed by atoms with Crippen LogP contribution in [0, 0.1) is 0 Å². The van der Waals surface area contributed by atoms with Crippen molar-refractivity contribution in [1.82, 2.24) is 0 Å². The summed E-state index contributed by atoms with van der Waals surface area (Å²) in [6, 6.07) is 34.5. The lowest BCUT2D eigenvalue weighted by Crippen LogP contribution is -2.08. The Hall–Kier alpha value is -5.65. The van der Waals surface area contributed by atoms with Gasteiger partial charge in [0.25, 0.3) is 0 Å². The molecule has 5 nitrogen and oxygen atoms in total. The van der Waals surface area contributed by atoms with E-state index in [1.54, 1.807) is 18.2 Å². The van der Waals surface area contributed by atoms with Gasteiger partial charge in [-0.2, -0.15) is 0 Å². The number of hydrogen-bond acceptors (Lipinski definition) is 5. The summed E-state index contributed by atoms with van der Waals surface area (Å²) in [7, 11) is 0. The quantitative estimate of drug-likeness (QED) is 0.101. The van der Waals surface area contributed by atoms with E-state index in [2.05, 4.69) is 66.8 Å². The fourth-order valence-corrected chi connectivity index (χ4v) is 6.33. The van der Waals surface area contributed by atoms with Crippen molar-refractivity contribution in [3.8, 4) is 11.5 Å². The van der Waals surface area contributed by atoms with E-state index in [9.17, 15) is 15.0 Å². The Kier molecular flexibility index (Phi) is 12.5. The number of ether oxygens (including phenoxy) is 1. The zero-order valence-electron chi connectivity index (χ0n) is 29.5. The van der Waals surface area contributed by atoms with Crippen molar-refractivity contribution in [3.05, 3.63) is 183 Å². The molecule has 5 aromatic rings. The number of aromatic hydroxyl groups is 2. The summed E-state index contributed by atoms with van der Waals surface area (Å²) in [4.78, 5) is 11.1. The van der Waals surface area contributed by atoms with Gasteiger partial charge in [0, 0.05) is 11.6 Å². The maximum absolute atomic E-state index is 11.1. The molecule has 0 saturated heterocycles. The van der Waals surface area contributed by atoms with Crippen LogP contribution in [0.1, 0.15) is 61.2 Å². The van der Waals surface area contributed by atoms with Crippen molar-refractivity contribution < 1.29 is 24.9 Å². The Morgan fingerprint density at radius 3 is 1.71 bits per heavy atom. The molecule has 0 heterocycles. The molecule has 52 heavy (non-hydrogen) atoms. The monoisotopic (exact) mass is 690 g/mol. The Labute approximate surface area is 306 Å². The summed E-state index contributed by atoms with van der Waals surface area (Å²) in [5, 5.41) is 27.8. The number of esters is 1. The third-order valence-corrected chi connectivity index (χ3v) is 9.70. The number of para-hydroxylation sites is 2. The topological polar surface area (TPSA) is 87.0 Å². The smallest absolute Gasteiger partial charge is 0.330 e. The van der Waals surface area contributed by atoms with Crippen LogP contribution in [0.3, 0.4) is 0 Å². The second-order valence-electron chi connectivity index (χ2n) is 13.3. The second-order valence-corrected chi connectivity index (χ2v) is 13.3. The number of aliphatic hydroxyl groups excluding tert-OH is 1. The summed E-state index contributed by atoms with van der Waals surface area (Å²) >= 11 is 0. The number of rotatable bonds is 10. The number of carbonyl (C=O) groups excluding carboxylic acids is 1. The van der Waals surface area contributed by atoms with E-state index in [4.69, 9.17) is 9.84 Å². The molecule has 5 aromatic carbocycles. The molecule has 0 radical (unpaired) electrons. The van der Waals surface area contributed by atoms with Gasteiger partial charge in [-0.3, -0.25) is 0 Å². The molecule has 0 atom stereocenters. The van der Waals surface area contributed by atoms with Crippen molar-refractivity contribution in [2.75, 3.05) is 13.2 Å². The van der Waals surface area contributed by atoms with Crippen molar-refractivity contribution in [3.63, 3.8) is 0 Å². The minimum Gasteiger partial charge on any atom is -0.508 e. The van der Waals surface area contributed by atoms with E-state index >= 15 is 0 Å². The number of aryl methyl sites for hydroxylation is 6. The van der Waals surface area contributed by atoms with E-state index in [0.717, 1.165) is 42.4 Å². The van der Waals surface area contributed by atoms with Crippen molar-refractivity contribution in [1.29, 1.82) is 0 Å². The predicted molar refractivity (Wildman–Crippen MR) is 210 cm³/mol. The lowest BCUT2D eigenvalue weighted by molar-refractivity contribution is -0.138. The van der Waals surface area contributed by atoms with Crippen LogP contribution in [0.5, 0.6) is 11.5 Å². The third-order valence-electron chi connectivity index (χ3n) is 9.70. The van der Waals surface area contributed by atoms with Crippen molar-refractivity contribution in [2.45, 2.75) is 51.4 Å². The number of aliphatic hydroxyl groups is 1. The summed E-state index contributed by atoms with van der Waals surface area (Å²) in [5.41, 5.74) is 14.2. The molecule has 264 valence electrons. The van der Waals surface area contributed by atoms with Crippen molar-refractivity contribution in [2.24, 2.45) is 0 Å². The number of fused-ring (bicyclic) bond motifs is 3. The molecule has 0 amide bonds. The van der Waals surface area contributed by atoms with Gasteiger partial charge >= 0.3 is 5.97 Å². The first-order valence-corrected chi connectivity index (χ1v) is 18.1. The predicted octanol–water partition coefficient (Wildman–Crippen LogP) is 8.83. The molecule has 0 unspecified atom stereocenters. The molecule has 0 spiro atoms. The van der Waals surface area contributed by atoms with Crippen LogP contribution in [-0.4, -0.2) is 34.5 Å². The zero-order chi connectivity index (χ0) is 36.1. The molecule has 0 aromatic heterocycles. The number of benzene rings is 5. The molecule has 0 saturated carbocycles. The van der Waals surface area contributed by atoms with E-state index in [0.29, 0.717) is 11.5 Å². The minimum absolute atomic E-state index is 0.0490. The second kappa shape index (κ2) is 18.0. The largest absolute Gasteiger partial charge is 0.508 e. The first kappa shape index (κ1) is 36.2. The number of allylic oxidation sites excluding steroid dienone is 2. The molecule has 3 N–H and O–H groups in total. The number of carbonyl (C=O) groups is 1. The van der Waals surface area contributed by atoms with Crippen LogP contribution in [0.4, 0.5) is 0 Å². The van der Waals surface area contributed by atoms with E-state index in [-0.39, 0.29) is 13.2 Å². The van der Waals surface area contributed by atoms with Gasteiger partial charge in [0.1, 0.15) is 18.1 Å². The first-order chi connectivity index (χ1) is 25.4. The number of hydrogen-bond donors (Lipinski definition) is 3. The molecule has 3 aliphatic carbocycles. The first-order valence-electron chi connectivity index (χ1n) is 18.1. The van der Waals surface area contributed by atoms with Gasteiger partial charge < -0.3 is 20.1 Å². The fraction of sp³-hybridized carbons (Fsp3) is 0.213. The maximum Gasteiger partial charge on any atom is 0.330 e. The molecular weight excluding hydrogens is 645 g/mol. The minimum atomic E-state index is -0.420. The van der Waals surface area contributed by atoms with E-state index in [1.165, 1.54) is 76.3 Å². The summed E-state index contributed by atoms with van der Waals surface area (Å²) in [6.07, 6.45) is 20.3. The lowest BCUT2D eigenvalue weighted by Gasteiger charge is -2.18. The van der Waals surface area contributed by atoms with Gasteiger partial charge in [-0.15, -0.1) is 0 Å². The van der Waals surface area contributed by atoms with Crippen LogP contribution >= 0.6 is 0 Å². The highest BCUT2D eigenvalue weighted by atomic mass is 16.5. The highest BCUT2D eigenvalue weighted by Crippen LogP contribution is 2.26. The van der Waals surface area contributed by atoms with Gasteiger partial charge in [0.15, 0.2) is 0 Å². The zero-order valence-corrected chi connectivity index (χ0v) is 29.5. The Morgan fingerprint density at radius 2 is 1.13 bits per heavy atom. The van der Waals surface area contributed by atoms with Gasteiger partial charge in [-0.05, 0) is 125 Å². The van der Waals surface area contributed by atoms with Crippen LogP contribution < -0.4 is 0 Å². The van der Waals surface area contributed by atoms with Gasteiger partial charge in [0.2, 0.25) is 0 Å². The average molecular weight is 691 g/mol. The van der Waals surface area contributed by atoms with E-state index < -0.39 is 5.97 Å². The number of phenolic OH excluding ortho intramolecular Hbond substituents is 2. The molecular formula is C47H46O5. The fourth-order valence-electron chi connectivity index (χ4n) is 6.33. The molecule has 8 rings (SSSR count). The van der Waals surface area contributed by atoms with Crippen LogP contribution in [-0.2, 0) is 60.9 Å². The van der Waals surface area contributed by atoms with Gasteiger partial charge in [-0.25, -0.2) is 4.79 Å². The molecule has 3 aliphatic rings. The normalized spacial score (nSPS) is 13.3. The SMILES string of the molecule is O=C(/C=C/c1ccc2c(c1)CC2)OCCO.Oc1ccccc1/C=C/Cc1ccc2c(c1)CC2.Oc1ccccc1C/C=C/c1ccc2c(c1)CC2. The Balaban J connectivity index is 0.000000134. The molecule has 5 heteroatoms. The Bertz CT molecular complexity index is 2090. The van der Waals surface area contributed by atoms with Crippen LogP contribution in [0.15, 0.2) is 121 Å². The van der Waals surface area contributed by atoms with E-state index in [1.807, 2.05) is 48.5 Å². The van der Waals surface area contributed by atoms with Gasteiger partial charge in [0.05, 0.1) is 6.61 Å². The standard InChI is InChI=1S/2C17H16O.C13H14O3/c2*18-17-7-2-1-5-15(17)6-3-4-13-8-9-14-10-11-16(14)12-13;14-7-8-16-13(15)6-2-10-1-3-11-4-5-12(11)9-10/h1-3,5-9,12,18H,4,10-11H2;1-5,7-9,12,18H,6,10-11H2;1-3,6,9,14H,4-5,7-8H2/b6-3+;4-3+;6-2+. The molecule has 0 aliphatic heterocycles. The van der Waals surface area contributed by atoms with Crippen LogP contribution in [0.2, 0.25) is 0 Å². The lowest BCUT2D eigenvalue weighted by atomic mass is 9.87.